The standard InChI is InChI=1S/C28H24F3N3O3/c1-15-9-18-10-19(11-23(37-28(30)31)24(18)33-13-15)27(35)32-8-7-21-12-22-16(2)14-36-26(22)25(34-21)17-3-5-20(29)6-4-17/h3-6,9-13,16,28H,7-8,14H2,1-2H3,(H,32,35). The molecule has 0 bridgehead atoms. The first-order chi connectivity index (χ1) is 17.8. The third kappa shape index (κ3) is 5.21. The van der Waals surface area contributed by atoms with E-state index in [9.17, 15) is 18.0 Å². The van der Waals surface area contributed by atoms with E-state index in [1.165, 1.54) is 18.2 Å². The fraction of sp³-hybridized carbons (Fsp3) is 0.250. The summed E-state index contributed by atoms with van der Waals surface area (Å²) in [4.78, 5) is 21.8. The molecule has 0 saturated carbocycles. The quantitative estimate of drug-likeness (QED) is 0.342. The van der Waals surface area contributed by atoms with Gasteiger partial charge >= 0.3 is 6.61 Å². The molecule has 4 aromatic rings. The Morgan fingerprint density at radius 2 is 1.97 bits per heavy atom. The summed E-state index contributed by atoms with van der Waals surface area (Å²) in [7, 11) is 0. The number of alkyl halides is 2. The van der Waals surface area contributed by atoms with Gasteiger partial charge < -0.3 is 14.8 Å². The van der Waals surface area contributed by atoms with Gasteiger partial charge in [-0.2, -0.15) is 8.78 Å². The zero-order chi connectivity index (χ0) is 26.1. The summed E-state index contributed by atoms with van der Waals surface area (Å²) in [5.74, 6) is -0.0581. The predicted molar refractivity (Wildman–Crippen MR) is 133 cm³/mol. The van der Waals surface area contributed by atoms with E-state index >= 15 is 0 Å². The molecule has 0 fully saturated rings. The number of nitrogens with zero attached hydrogens (tertiary/aromatic N) is 2. The van der Waals surface area contributed by atoms with Crippen molar-refractivity contribution in [3.63, 3.8) is 0 Å². The van der Waals surface area contributed by atoms with Crippen molar-refractivity contribution in [2.75, 3.05) is 13.2 Å². The van der Waals surface area contributed by atoms with Crippen LogP contribution in [0.25, 0.3) is 22.2 Å². The average Bonchev–Trinajstić information content (AvgIpc) is 3.24. The number of carbonyl (C=O) groups is 1. The lowest BCUT2D eigenvalue weighted by Crippen LogP contribution is -2.26. The zero-order valence-electron chi connectivity index (χ0n) is 20.2. The van der Waals surface area contributed by atoms with E-state index in [-0.39, 0.29) is 35.1 Å². The molecule has 0 radical (unpaired) electrons. The van der Waals surface area contributed by atoms with Crippen LogP contribution in [0.1, 0.15) is 40.0 Å². The van der Waals surface area contributed by atoms with E-state index in [2.05, 4.69) is 22.0 Å². The Labute approximate surface area is 211 Å². The highest BCUT2D eigenvalue weighted by atomic mass is 19.3. The minimum atomic E-state index is -3.04. The second-order valence-electron chi connectivity index (χ2n) is 9.04. The molecule has 1 N–H and O–H groups in total. The number of aryl methyl sites for hydroxylation is 1. The number of fused-ring (bicyclic) bond motifs is 2. The number of hydrogen-bond acceptors (Lipinski definition) is 5. The molecule has 3 heterocycles. The van der Waals surface area contributed by atoms with Gasteiger partial charge in [0.1, 0.15) is 22.8 Å². The van der Waals surface area contributed by atoms with Crippen molar-refractivity contribution in [1.82, 2.24) is 15.3 Å². The molecule has 0 aliphatic carbocycles. The number of aromatic nitrogens is 2. The molecule has 0 saturated heterocycles. The summed E-state index contributed by atoms with van der Waals surface area (Å²) in [5.41, 5.74) is 4.41. The molecule has 2 aromatic heterocycles. The summed E-state index contributed by atoms with van der Waals surface area (Å²) >= 11 is 0. The lowest BCUT2D eigenvalue weighted by atomic mass is 9.99. The van der Waals surface area contributed by atoms with Crippen molar-refractivity contribution < 1.29 is 27.4 Å². The maximum atomic E-state index is 13.5. The zero-order valence-corrected chi connectivity index (χ0v) is 20.2. The summed E-state index contributed by atoms with van der Waals surface area (Å²) in [6, 6.07) is 12.7. The topological polar surface area (TPSA) is 73.3 Å². The van der Waals surface area contributed by atoms with Crippen molar-refractivity contribution in [1.29, 1.82) is 0 Å². The van der Waals surface area contributed by atoms with Gasteiger partial charge in [-0.15, -0.1) is 0 Å². The fourth-order valence-electron chi connectivity index (χ4n) is 4.41. The van der Waals surface area contributed by atoms with Gasteiger partial charge in [-0.3, -0.25) is 9.78 Å². The van der Waals surface area contributed by atoms with Gasteiger partial charge in [0.15, 0.2) is 5.75 Å². The second-order valence-corrected chi connectivity index (χ2v) is 9.04. The van der Waals surface area contributed by atoms with Gasteiger partial charge in [0.25, 0.3) is 5.91 Å². The molecular formula is C28H24F3N3O3. The first kappa shape index (κ1) is 24.5. The Kier molecular flexibility index (Phi) is 6.69. The summed E-state index contributed by atoms with van der Waals surface area (Å²) in [6.07, 6.45) is 1.98. The minimum Gasteiger partial charge on any atom is -0.490 e. The maximum Gasteiger partial charge on any atom is 0.387 e. The smallest absolute Gasteiger partial charge is 0.387 e. The molecule has 190 valence electrons. The normalized spacial score (nSPS) is 14.5. The van der Waals surface area contributed by atoms with Gasteiger partial charge in [-0.25, -0.2) is 9.37 Å². The highest BCUT2D eigenvalue weighted by molar-refractivity contribution is 6.00. The number of hydrogen-bond donors (Lipinski definition) is 1. The molecule has 1 aliphatic heterocycles. The monoisotopic (exact) mass is 507 g/mol. The van der Waals surface area contributed by atoms with Gasteiger partial charge in [0.2, 0.25) is 0 Å². The van der Waals surface area contributed by atoms with E-state index in [1.807, 2.05) is 13.0 Å². The maximum absolute atomic E-state index is 13.5. The molecule has 6 nitrogen and oxygen atoms in total. The Hall–Kier alpha value is -4.14. The van der Waals surface area contributed by atoms with Gasteiger partial charge in [0.05, 0.1) is 6.61 Å². The Bertz CT molecular complexity index is 1480. The highest BCUT2D eigenvalue weighted by Gasteiger charge is 2.26. The van der Waals surface area contributed by atoms with Crippen LogP contribution in [0.5, 0.6) is 11.5 Å². The van der Waals surface area contributed by atoms with Crippen molar-refractivity contribution in [2.45, 2.75) is 32.8 Å². The van der Waals surface area contributed by atoms with E-state index in [4.69, 9.17) is 9.72 Å². The lowest BCUT2D eigenvalue weighted by Gasteiger charge is -2.13. The molecule has 2 aromatic carbocycles. The van der Waals surface area contributed by atoms with E-state index in [0.29, 0.717) is 29.9 Å². The molecular weight excluding hydrogens is 483 g/mol. The minimum absolute atomic E-state index is 0.157. The summed E-state index contributed by atoms with van der Waals surface area (Å²) in [5, 5.41) is 3.36. The number of benzene rings is 2. The van der Waals surface area contributed by atoms with Gasteiger partial charge in [0, 0.05) is 52.9 Å². The van der Waals surface area contributed by atoms with Crippen LogP contribution in [-0.2, 0) is 6.42 Å². The number of carbonyl (C=O) groups excluding carboxylic acids is 1. The van der Waals surface area contributed by atoms with Crippen LogP contribution in [0, 0.1) is 12.7 Å². The number of pyridine rings is 2. The number of ether oxygens (including phenoxy) is 2. The summed E-state index contributed by atoms with van der Waals surface area (Å²) in [6.45, 7) is 1.63. The van der Waals surface area contributed by atoms with Crippen LogP contribution in [-0.4, -0.2) is 35.6 Å². The molecule has 37 heavy (non-hydrogen) atoms. The molecule has 1 unspecified atom stereocenters. The predicted octanol–water partition coefficient (Wildman–Crippen LogP) is 5.81. The van der Waals surface area contributed by atoms with Crippen LogP contribution in [0.4, 0.5) is 13.2 Å². The summed E-state index contributed by atoms with van der Waals surface area (Å²) < 4.78 is 49.9. The van der Waals surface area contributed by atoms with Crippen molar-refractivity contribution in [2.24, 2.45) is 0 Å². The van der Waals surface area contributed by atoms with Crippen LogP contribution in [0.3, 0.4) is 0 Å². The molecule has 0 spiro atoms. The van der Waals surface area contributed by atoms with Crippen molar-refractivity contribution >= 4 is 16.8 Å². The second kappa shape index (κ2) is 10.1. The van der Waals surface area contributed by atoms with Crippen molar-refractivity contribution in [3.8, 4) is 22.8 Å². The number of amides is 1. The molecule has 5 rings (SSSR count). The van der Waals surface area contributed by atoms with E-state index in [1.54, 1.807) is 30.5 Å². The van der Waals surface area contributed by atoms with E-state index in [0.717, 1.165) is 22.4 Å². The largest absolute Gasteiger partial charge is 0.490 e. The molecule has 9 heteroatoms. The van der Waals surface area contributed by atoms with Crippen LogP contribution in [0.15, 0.2) is 54.7 Å². The van der Waals surface area contributed by atoms with Crippen LogP contribution < -0.4 is 14.8 Å². The number of nitrogens with one attached hydrogen (secondary N) is 1. The number of rotatable bonds is 7. The first-order valence-corrected chi connectivity index (χ1v) is 11.8. The van der Waals surface area contributed by atoms with Crippen LogP contribution in [0.2, 0.25) is 0 Å². The average molecular weight is 508 g/mol. The Balaban J connectivity index is 1.36. The third-order valence-corrected chi connectivity index (χ3v) is 6.21. The number of halogens is 3. The van der Waals surface area contributed by atoms with Gasteiger partial charge in [-0.05, 0) is 61.0 Å². The first-order valence-electron chi connectivity index (χ1n) is 11.8. The molecule has 1 amide bonds. The fourth-order valence-corrected chi connectivity index (χ4v) is 4.41. The Morgan fingerprint density at radius 3 is 2.73 bits per heavy atom. The SMILES string of the molecule is Cc1cnc2c(OC(F)F)cc(C(=O)NCCc3cc4c(c(-c5ccc(F)cc5)n3)OCC4C)cc2c1. The van der Waals surface area contributed by atoms with Gasteiger partial charge in [-0.1, -0.05) is 6.92 Å². The van der Waals surface area contributed by atoms with E-state index < -0.39 is 12.5 Å². The Morgan fingerprint density at radius 1 is 1.19 bits per heavy atom. The highest BCUT2D eigenvalue weighted by Crippen LogP contribution is 2.41. The lowest BCUT2D eigenvalue weighted by molar-refractivity contribution is -0.0489. The molecule has 1 atom stereocenters. The van der Waals surface area contributed by atoms with Crippen molar-refractivity contribution in [3.05, 3.63) is 82.9 Å². The van der Waals surface area contributed by atoms with Crippen LogP contribution >= 0.6 is 0 Å². The molecule has 1 aliphatic rings. The third-order valence-electron chi connectivity index (χ3n) is 6.21.